The molecule has 1 aliphatic rings. The lowest BCUT2D eigenvalue weighted by molar-refractivity contribution is -0.115. The van der Waals surface area contributed by atoms with E-state index in [9.17, 15) is 4.79 Å². The van der Waals surface area contributed by atoms with Gasteiger partial charge >= 0.3 is 0 Å². The minimum Gasteiger partial charge on any atom is -0.366 e. The number of amides is 1. The molecule has 1 saturated carbocycles. The van der Waals surface area contributed by atoms with Crippen LogP contribution in [-0.4, -0.2) is 22.1 Å². The summed E-state index contributed by atoms with van der Waals surface area (Å²) in [4.78, 5) is 11.1. The Morgan fingerprint density at radius 2 is 2.07 bits per heavy atom. The molecule has 0 atom stereocenters. The summed E-state index contributed by atoms with van der Waals surface area (Å²) in [6.45, 7) is 1.80. The summed E-state index contributed by atoms with van der Waals surface area (Å²) in [5.41, 5.74) is 0. The fourth-order valence-corrected chi connectivity index (χ4v) is 1.14. The maximum atomic E-state index is 11.1. The Hall–Kier alpha value is -1.65. The second kappa shape index (κ2) is 4.25. The SMILES string of the molecule is CCC(=O)Nc1ccc(NC2CC2)nn1. The van der Waals surface area contributed by atoms with Gasteiger partial charge in [-0.1, -0.05) is 6.92 Å². The molecule has 0 spiro atoms. The third-order valence-corrected chi connectivity index (χ3v) is 2.18. The van der Waals surface area contributed by atoms with Gasteiger partial charge in [0, 0.05) is 12.5 Å². The van der Waals surface area contributed by atoms with Gasteiger partial charge in [-0.15, -0.1) is 10.2 Å². The average molecular weight is 206 g/mol. The first-order valence-corrected chi connectivity index (χ1v) is 5.18. The third kappa shape index (κ3) is 2.90. The minimum atomic E-state index is -0.0489. The lowest BCUT2D eigenvalue weighted by atomic mass is 10.4. The summed E-state index contributed by atoms with van der Waals surface area (Å²) in [7, 11) is 0. The summed E-state index contributed by atoms with van der Waals surface area (Å²) in [6, 6.07) is 4.15. The van der Waals surface area contributed by atoms with E-state index in [1.54, 1.807) is 13.0 Å². The molecule has 5 heteroatoms. The second-order valence-electron chi connectivity index (χ2n) is 3.62. The van der Waals surface area contributed by atoms with Crippen molar-refractivity contribution in [3.63, 3.8) is 0 Å². The maximum Gasteiger partial charge on any atom is 0.225 e. The van der Waals surface area contributed by atoms with E-state index in [0.717, 1.165) is 5.82 Å². The number of hydrogen-bond donors (Lipinski definition) is 2. The Morgan fingerprint density at radius 1 is 1.40 bits per heavy atom. The van der Waals surface area contributed by atoms with Crippen molar-refractivity contribution in [2.24, 2.45) is 0 Å². The average Bonchev–Trinajstić information content (AvgIpc) is 3.05. The number of nitrogens with one attached hydrogen (secondary N) is 2. The van der Waals surface area contributed by atoms with E-state index >= 15 is 0 Å². The first-order valence-electron chi connectivity index (χ1n) is 5.18. The third-order valence-electron chi connectivity index (χ3n) is 2.18. The van der Waals surface area contributed by atoms with Crippen LogP contribution in [0.15, 0.2) is 12.1 Å². The fourth-order valence-electron chi connectivity index (χ4n) is 1.14. The van der Waals surface area contributed by atoms with Crippen LogP contribution >= 0.6 is 0 Å². The van der Waals surface area contributed by atoms with Gasteiger partial charge < -0.3 is 10.6 Å². The molecule has 0 aliphatic heterocycles. The molecule has 1 aromatic heterocycles. The van der Waals surface area contributed by atoms with Crippen LogP contribution in [0, 0.1) is 0 Å². The number of nitrogens with zero attached hydrogens (tertiary/aromatic N) is 2. The van der Waals surface area contributed by atoms with Crippen LogP contribution in [0.1, 0.15) is 26.2 Å². The van der Waals surface area contributed by atoms with Gasteiger partial charge in [0.1, 0.15) is 5.82 Å². The lowest BCUT2D eigenvalue weighted by Crippen LogP contribution is -2.12. The van der Waals surface area contributed by atoms with E-state index in [2.05, 4.69) is 20.8 Å². The van der Waals surface area contributed by atoms with Crippen molar-refractivity contribution < 1.29 is 4.79 Å². The van der Waals surface area contributed by atoms with Gasteiger partial charge in [0.05, 0.1) is 0 Å². The zero-order valence-corrected chi connectivity index (χ0v) is 8.66. The highest BCUT2D eigenvalue weighted by atomic mass is 16.1. The number of carbonyl (C=O) groups is 1. The molecule has 2 N–H and O–H groups in total. The van der Waals surface area contributed by atoms with Gasteiger partial charge in [0.25, 0.3) is 0 Å². The van der Waals surface area contributed by atoms with E-state index in [1.165, 1.54) is 12.8 Å². The molecule has 1 heterocycles. The van der Waals surface area contributed by atoms with Crippen LogP contribution in [0.4, 0.5) is 11.6 Å². The van der Waals surface area contributed by atoms with Gasteiger partial charge in [-0.2, -0.15) is 0 Å². The van der Waals surface area contributed by atoms with Crippen molar-refractivity contribution in [2.75, 3.05) is 10.6 Å². The van der Waals surface area contributed by atoms with E-state index in [0.29, 0.717) is 18.3 Å². The van der Waals surface area contributed by atoms with Gasteiger partial charge in [-0.05, 0) is 25.0 Å². The Labute approximate surface area is 88.3 Å². The molecule has 1 fully saturated rings. The zero-order chi connectivity index (χ0) is 10.7. The van der Waals surface area contributed by atoms with Crippen molar-refractivity contribution in [3.05, 3.63) is 12.1 Å². The van der Waals surface area contributed by atoms with Crippen molar-refractivity contribution in [2.45, 2.75) is 32.2 Å². The van der Waals surface area contributed by atoms with Crippen LogP contribution < -0.4 is 10.6 Å². The molecule has 0 bridgehead atoms. The summed E-state index contributed by atoms with van der Waals surface area (Å²) >= 11 is 0. The fraction of sp³-hybridized carbons (Fsp3) is 0.500. The molecule has 80 valence electrons. The second-order valence-corrected chi connectivity index (χ2v) is 3.62. The standard InChI is InChI=1S/C10H14N4O/c1-2-10(15)12-9-6-5-8(13-14-9)11-7-3-4-7/h5-7H,2-4H2,1H3,(H,11,13)(H,12,14,15). The largest absolute Gasteiger partial charge is 0.366 e. The predicted octanol–water partition coefficient (Wildman–Crippen LogP) is 1.40. The molecular weight excluding hydrogens is 192 g/mol. The number of anilines is 2. The van der Waals surface area contributed by atoms with Crippen molar-refractivity contribution in [3.8, 4) is 0 Å². The number of rotatable bonds is 4. The number of aromatic nitrogens is 2. The highest BCUT2D eigenvalue weighted by Crippen LogP contribution is 2.23. The first kappa shape index (κ1) is 9.89. The van der Waals surface area contributed by atoms with Crippen molar-refractivity contribution >= 4 is 17.5 Å². The summed E-state index contributed by atoms with van der Waals surface area (Å²) in [6.07, 6.45) is 2.86. The summed E-state index contributed by atoms with van der Waals surface area (Å²) in [5.74, 6) is 1.22. The molecule has 1 aromatic rings. The molecule has 0 unspecified atom stereocenters. The Bertz CT molecular complexity index is 345. The Balaban J connectivity index is 1.93. The Kier molecular flexibility index (Phi) is 2.80. The molecule has 1 amide bonds. The number of carbonyl (C=O) groups excluding carboxylic acids is 1. The quantitative estimate of drug-likeness (QED) is 0.781. The lowest BCUT2D eigenvalue weighted by Gasteiger charge is -2.04. The van der Waals surface area contributed by atoms with Gasteiger partial charge in [0.2, 0.25) is 5.91 Å². The molecule has 15 heavy (non-hydrogen) atoms. The van der Waals surface area contributed by atoms with E-state index in [4.69, 9.17) is 0 Å². The van der Waals surface area contributed by atoms with Gasteiger partial charge in [-0.3, -0.25) is 4.79 Å². The molecule has 0 aromatic carbocycles. The highest BCUT2D eigenvalue weighted by Gasteiger charge is 2.21. The summed E-state index contributed by atoms with van der Waals surface area (Å²) < 4.78 is 0. The maximum absolute atomic E-state index is 11.1. The van der Waals surface area contributed by atoms with Crippen LogP contribution in [0.25, 0.3) is 0 Å². The van der Waals surface area contributed by atoms with Crippen LogP contribution in [-0.2, 0) is 4.79 Å². The molecule has 0 saturated heterocycles. The first-order chi connectivity index (χ1) is 7.28. The van der Waals surface area contributed by atoms with E-state index < -0.39 is 0 Å². The van der Waals surface area contributed by atoms with Crippen LogP contribution in [0.3, 0.4) is 0 Å². The molecule has 5 nitrogen and oxygen atoms in total. The molecule has 1 aliphatic carbocycles. The number of hydrogen-bond acceptors (Lipinski definition) is 4. The van der Waals surface area contributed by atoms with Crippen molar-refractivity contribution in [1.82, 2.24) is 10.2 Å². The zero-order valence-electron chi connectivity index (χ0n) is 8.66. The van der Waals surface area contributed by atoms with Crippen molar-refractivity contribution in [1.29, 1.82) is 0 Å². The normalized spacial score (nSPS) is 14.7. The molecule has 2 rings (SSSR count). The van der Waals surface area contributed by atoms with Gasteiger partial charge in [-0.25, -0.2) is 0 Å². The topological polar surface area (TPSA) is 66.9 Å². The summed E-state index contributed by atoms with van der Waals surface area (Å²) in [5, 5.41) is 13.7. The van der Waals surface area contributed by atoms with Gasteiger partial charge in [0.15, 0.2) is 5.82 Å². The smallest absolute Gasteiger partial charge is 0.225 e. The van der Waals surface area contributed by atoms with E-state index in [-0.39, 0.29) is 5.91 Å². The van der Waals surface area contributed by atoms with E-state index in [1.807, 2.05) is 6.07 Å². The predicted molar refractivity (Wildman–Crippen MR) is 57.6 cm³/mol. The highest BCUT2D eigenvalue weighted by molar-refractivity contribution is 5.89. The molecular formula is C10H14N4O. The molecule has 0 radical (unpaired) electrons. The van der Waals surface area contributed by atoms with Crippen LogP contribution in [0.2, 0.25) is 0 Å². The monoisotopic (exact) mass is 206 g/mol. The minimum absolute atomic E-state index is 0.0489. The van der Waals surface area contributed by atoms with Crippen LogP contribution in [0.5, 0.6) is 0 Å². The Morgan fingerprint density at radius 3 is 2.60 bits per heavy atom.